The first-order valence-electron chi connectivity index (χ1n) is 8.32. The van der Waals surface area contributed by atoms with Crippen molar-refractivity contribution in [1.29, 1.82) is 0 Å². The van der Waals surface area contributed by atoms with E-state index in [-0.39, 0.29) is 5.91 Å². The Labute approximate surface area is 164 Å². The van der Waals surface area contributed by atoms with Crippen LogP contribution in [0.2, 0.25) is 0 Å². The lowest BCUT2D eigenvalue weighted by molar-refractivity contribution is 0.0924. The molecule has 0 radical (unpaired) electrons. The third kappa shape index (κ3) is 4.01. The van der Waals surface area contributed by atoms with Crippen LogP contribution in [0.25, 0.3) is 11.0 Å². The summed E-state index contributed by atoms with van der Waals surface area (Å²) in [5.74, 6) is 0.666. The average Bonchev–Trinajstić information content (AvgIpc) is 3.28. The zero-order chi connectivity index (χ0) is 18.6. The number of fused-ring (bicyclic) bond motifs is 1. The quantitative estimate of drug-likeness (QED) is 0.492. The van der Waals surface area contributed by atoms with Crippen molar-refractivity contribution in [3.63, 3.8) is 0 Å². The predicted molar refractivity (Wildman–Crippen MR) is 106 cm³/mol. The van der Waals surface area contributed by atoms with Crippen LogP contribution in [0.15, 0.2) is 57.4 Å². The van der Waals surface area contributed by atoms with Gasteiger partial charge in [0, 0.05) is 22.9 Å². The van der Waals surface area contributed by atoms with Gasteiger partial charge in [0.1, 0.15) is 10.6 Å². The molecule has 0 aliphatic carbocycles. The van der Waals surface area contributed by atoms with E-state index < -0.39 is 0 Å². The Kier molecular flexibility index (Phi) is 5.17. The Hall–Kier alpha value is -2.71. The van der Waals surface area contributed by atoms with Gasteiger partial charge in [-0.05, 0) is 25.1 Å². The van der Waals surface area contributed by atoms with Gasteiger partial charge in [0.05, 0.1) is 12.2 Å². The van der Waals surface area contributed by atoms with Crippen LogP contribution in [0.5, 0.6) is 0 Å². The maximum absolute atomic E-state index is 12.8. The summed E-state index contributed by atoms with van der Waals surface area (Å²) >= 11 is 3.09. The Balaban J connectivity index is 1.58. The van der Waals surface area contributed by atoms with Crippen LogP contribution in [0.1, 0.15) is 26.8 Å². The third-order valence-corrected chi connectivity index (χ3v) is 5.91. The molecule has 6 nitrogen and oxygen atoms in total. The van der Waals surface area contributed by atoms with Crippen LogP contribution in [0.3, 0.4) is 0 Å². The van der Waals surface area contributed by atoms with Crippen LogP contribution in [0.4, 0.5) is 0 Å². The molecule has 4 rings (SSSR count). The highest BCUT2D eigenvalue weighted by molar-refractivity contribution is 8.00. The number of pyridine rings is 1. The highest BCUT2D eigenvalue weighted by Crippen LogP contribution is 2.33. The van der Waals surface area contributed by atoms with Crippen molar-refractivity contribution in [2.45, 2.75) is 23.6 Å². The number of aryl methyl sites for hydroxylation is 1. The monoisotopic (exact) mass is 396 g/mol. The van der Waals surface area contributed by atoms with Gasteiger partial charge in [0.2, 0.25) is 0 Å². The number of thioether (sulfide) groups is 1. The van der Waals surface area contributed by atoms with Gasteiger partial charge < -0.3 is 9.73 Å². The molecule has 0 saturated heterocycles. The lowest BCUT2D eigenvalue weighted by Gasteiger charge is -2.04. The lowest BCUT2D eigenvalue weighted by atomic mass is 10.1. The summed E-state index contributed by atoms with van der Waals surface area (Å²) in [7, 11) is 0. The molecule has 0 spiro atoms. The summed E-state index contributed by atoms with van der Waals surface area (Å²) < 4.78 is 6.74. The number of aromatic nitrogens is 3. The van der Waals surface area contributed by atoms with Crippen molar-refractivity contribution in [3.8, 4) is 0 Å². The van der Waals surface area contributed by atoms with Gasteiger partial charge >= 0.3 is 0 Å². The van der Waals surface area contributed by atoms with E-state index in [1.54, 1.807) is 18.0 Å². The summed E-state index contributed by atoms with van der Waals surface area (Å²) in [5.41, 5.74) is 2.36. The fourth-order valence-electron chi connectivity index (χ4n) is 2.65. The molecule has 0 bridgehead atoms. The number of hydrogen-bond donors (Lipinski definition) is 1. The highest BCUT2D eigenvalue weighted by Gasteiger charge is 2.21. The zero-order valence-electron chi connectivity index (χ0n) is 14.5. The molecule has 136 valence electrons. The SMILES string of the molecule is Cc1nnc(SCc2c(C(=O)NCc3ccccn3)oc3ccccc23)s1. The molecule has 1 aromatic carbocycles. The first-order valence-corrected chi connectivity index (χ1v) is 10.1. The smallest absolute Gasteiger partial charge is 0.287 e. The Morgan fingerprint density at radius 3 is 2.81 bits per heavy atom. The molecule has 0 unspecified atom stereocenters. The first-order chi connectivity index (χ1) is 13.2. The second kappa shape index (κ2) is 7.89. The van der Waals surface area contributed by atoms with Gasteiger partial charge in [-0.15, -0.1) is 10.2 Å². The molecule has 27 heavy (non-hydrogen) atoms. The molecule has 0 atom stereocenters. The van der Waals surface area contributed by atoms with Crippen molar-refractivity contribution in [2.24, 2.45) is 0 Å². The van der Waals surface area contributed by atoms with Gasteiger partial charge in [0.25, 0.3) is 5.91 Å². The largest absolute Gasteiger partial charge is 0.451 e. The van der Waals surface area contributed by atoms with Crippen LogP contribution >= 0.6 is 23.1 Å². The number of rotatable bonds is 6. The molecule has 4 aromatic rings. The summed E-state index contributed by atoms with van der Waals surface area (Å²) in [6.07, 6.45) is 1.70. The minimum Gasteiger partial charge on any atom is -0.451 e. The Morgan fingerprint density at radius 2 is 2.04 bits per heavy atom. The van der Waals surface area contributed by atoms with Gasteiger partial charge in [-0.25, -0.2) is 0 Å². The number of carbonyl (C=O) groups is 1. The molecule has 3 aromatic heterocycles. The molecule has 0 fully saturated rings. The molecule has 0 saturated carbocycles. The van der Waals surface area contributed by atoms with E-state index in [4.69, 9.17) is 4.42 Å². The van der Waals surface area contributed by atoms with Gasteiger partial charge in [-0.3, -0.25) is 9.78 Å². The summed E-state index contributed by atoms with van der Waals surface area (Å²) in [5, 5.41) is 12.9. The number of amides is 1. The van der Waals surface area contributed by atoms with Gasteiger partial charge in [0.15, 0.2) is 10.1 Å². The zero-order valence-corrected chi connectivity index (χ0v) is 16.1. The van der Waals surface area contributed by atoms with Crippen molar-refractivity contribution in [2.75, 3.05) is 0 Å². The van der Waals surface area contributed by atoms with Crippen molar-refractivity contribution < 1.29 is 9.21 Å². The number of carbonyl (C=O) groups excluding carboxylic acids is 1. The second-order valence-electron chi connectivity index (χ2n) is 5.79. The molecule has 1 N–H and O–H groups in total. The summed E-state index contributed by atoms with van der Waals surface area (Å²) in [6, 6.07) is 13.3. The highest BCUT2D eigenvalue weighted by atomic mass is 32.2. The standard InChI is InChI=1S/C19H16N4O2S2/c1-12-22-23-19(27-12)26-11-15-14-7-2-3-8-16(14)25-17(15)18(24)21-10-13-6-4-5-9-20-13/h2-9H,10-11H2,1H3,(H,21,24). The molecule has 0 aliphatic rings. The molecule has 8 heteroatoms. The van der Waals surface area contributed by atoms with E-state index in [0.717, 1.165) is 26.0 Å². The topological polar surface area (TPSA) is 80.9 Å². The molecule has 0 aliphatic heterocycles. The number of nitrogens with zero attached hydrogens (tertiary/aromatic N) is 3. The van der Waals surface area contributed by atoms with Crippen LogP contribution in [-0.2, 0) is 12.3 Å². The number of furan rings is 1. The minimum atomic E-state index is -0.249. The first kappa shape index (κ1) is 17.7. The summed E-state index contributed by atoms with van der Waals surface area (Å²) in [6.45, 7) is 2.27. The van der Waals surface area contributed by atoms with Crippen LogP contribution in [0, 0.1) is 6.92 Å². The Bertz CT molecular complexity index is 1080. The normalized spacial score (nSPS) is 11.0. The maximum Gasteiger partial charge on any atom is 0.287 e. The van der Waals surface area contributed by atoms with Gasteiger partial charge in [-0.1, -0.05) is 47.4 Å². The van der Waals surface area contributed by atoms with E-state index in [9.17, 15) is 4.79 Å². The van der Waals surface area contributed by atoms with E-state index in [0.29, 0.717) is 23.6 Å². The van der Waals surface area contributed by atoms with Crippen molar-refractivity contribution >= 4 is 40.0 Å². The predicted octanol–water partition coefficient (Wildman–Crippen LogP) is 4.21. The number of benzene rings is 1. The van der Waals surface area contributed by atoms with Crippen LogP contribution in [-0.4, -0.2) is 21.1 Å². The van der Waals surface area contributed by atoms with E-state index in [1.165, 1.54) is 11.3 Å². The maximum atomic E-state index is 12.8. The molecule has 3 heterocycles. The number of nitrogens with one attached hydrogen (secondary N) is 1. The van der Waals surface area contributed by atoms with Crippen molar-refractivity contribution in [1.82, 2.24) is 20.5 Å². The molecular formula is C19H16N4O2S2. The minimum absolute atomic E-state index is 0.249. The third-order valence-electron chi connectivity index (χ3n) is 3.91. The fraction of sp³-hybridized carbons (Fsp3) is 0.158. The van der Waals surface area contributed by atoms with Crippen LogP contribution < -0.4 is 5.32 Å². The Morgan fingerprint density at radius 1 is 1.19 bits per heavy atom. The van der Waals surface area contributed by atoms with Crippen molar-refractivity contribution in [3.05, 3.63) is 70.7 Å². The van der Waals surface area contributed by atoms with E-state index >= 15 is 0 Å². The lowest BCUT2D eigenvalue weighted by Crippen LogP contribution is -2.23. The summed E-state index contributed by atoms with van der Waals surface area (Å²) in [4.78, 5) is 17.0. The number of hydrogen-bond acceptors (Lipinski definition) is 7. The fourth-order valence-corrected chi connectivity index (χ4v) is 4.49. The van der Waals surface area contributed by atoms with E-state index in [1.807, 2.05) is 49.4 Å². The average molecular weight is 396 g/mol. The van der Waals surface area contributed by atoms with Gasteiger partial charge in [-0.2, -0.15) is 0 Å². The molecular weight excluding hydrogens is 380 g/mol. The second-order valence-corrected chi connectivity index (χ2v) is 8.19. The van der Waals surface area contributed by atoms with E-state index in [2.05, 4.69) is 20.5 Å². The molecule has 1 amide bonds. The number of para-hydroxylation sites is 1.